The highest BCUT2D eigenvalue weighted by atomic mass is 35.5. The molecule has 6 nitrogen and oxygen atoms in total. The molecule has 0 bridgehead atoms. The molecule has 1 aromatic rings. The molecular weight excluding hydrogens is 294 g/mol. The number of methoxy groups -OCH3 is 1. The van der Waals surface area contributed by atoms with E-state index >= 15 is 0 Å². The van der Waals surface area contributed by atoms with Crippen LogP contribution in [0.4, 0.5) is 5.69 Å². The van der Waals surface area contributed by atoms with Gasteiger partial charge in [-0.15, -0.1) is 0 Å². The molecule has 0 aliphatic heterocycles. The molecule has 0 spiro atoms. The molecule has 0 unspecified atom stereocenters. The molecule has 116 valence electrons. The zero-order valence-electron chi connectivity index (χ0n) is 12.1. The minimum atomic E-state index is -0.539. The van der Waals surface area contributed by atoms with E-state index in [-0.39, 0.29) is 11.6 Å². The average Bonchev–Trinajstić information content (AvgIpc) is 2.99. The minimum Gasteiger partial charge on any atom is -0.468 e. The third-order valence-corrected chi connectivity index (χ3v) is 4.20. The van der Waals surface area contributed by atoms with Gasteiger partial charge in [0.25, 0.3) is 5.56 Å². The van der Waals surface area contributed by atoms with Crippen LogP contribution in [-0.2, 0) is 16.1 Å². The third-order valence-electron chi connectivity index (χ3n) is 3.83. The van der Waals surface area contributed by atoms with Crippen molar-refractivity contribution in [1.29, 1.82) is 0 Å². The van der Waals surface area contributed by atoms with E-state index in [4.69, 9.17) is 11.6 Å². The number of rotatable bonds is 6. The summed E-state index contributed by atoms with van der Waals surface area (Å²) in [5.74, 6) is 0.228. The van der Waals surface area contributed by atoms with Crippen LogP contribution >= 0.6 is 11.6 Å². The molecule has 1 aliphatic rings. The summed E-state index contributed by atoms with van der Waals surface area (Å²) in [6.07, 6.45) is 7.75. The number of carbonyl (C=O) groups is 1. The van der Waals surface area contributed by atoms with Crippen molar-refractivity contribution in [3.8, 4) is 0 Å². The van der Waals surface area contributed by atoms with Gasteiger partial charge in [-0.1, -0.05) is 37.3 Å². The van der Waals surface area contributed by atoms with E-state index in [9.17, 15) is 9.59 Å². The molecule has 1 saturated carbocycles. The fraction of sp³-hybridized carbons (Fsp3) is 0.643. The maximum absolute atomic E-state index is 12.0. The Morgan fingerprint density at radius 3 is 2.90 bits per heavy atom. The molecule has 0 amide bonds. The van der Waals surface area contributed by atoms with Crippen molar-refractivity contribution in [3.63, 3.8) is 0 Å². The van der Waals surface area contributed by atoms with E-state index in [1.165, 1.54) is 39.0 Å². The van der Waals surface area contributed by atoms with E-state index in [1.807, 2.05) is 0 Å². The number of nitrogens with zero attached hydrogens (tertiary/aromatic N) is 2. The smallest absolute Gasteiger partial charge is 0.327 e. The first-order valence-corrected chi connectivity index (χ1v) is 7.56. The summed E-state index contributed by atoms with van der Waals surface area (Å²) >= 11 is 6.03. The van der Waals surface area contributed by atoms with Crippen LogP contribution in [0.5, 0.6) is 0 Å². The zero-order valence-corrected chi connectivity index (χ0v) is 12.9. The normalized spacial score (nSPS) is 15.1. The predicted octanol–water partition coefficient (Wildman–Crippen LogP) is 2.06. The number of esters is 1. The number of nitrogens with one attached hydrogen (secondary N) is 1. The maximum atomic E-state index is 12.0. The van der Waals surface area contributed by atoms with Crippen LogP contribution in [0.25, 0.3) is 0 Å². The summed E-state index contributed by atoms with van der Waals surface area (Å²) in [7, 11) is 1.26. The highest BCUT2D eigenvalue weighted by Crippen LogP contribution is 2.27. The van der Waals surface area contributed by atoms with Crippen molar-refractivity contribution in [3.05, 3.63) is 21.6 Å². The Kier molecular flexibility index (Phi) is 5.61. The van der Waals surface area contributed by atoms with Gasteiger partial charge in [0.2, 0.25) is 0 Å². The summed E-state index contributed by atoms with van der Waals surface area (Å²) in [5.41, 5.74) is 0.0220. The highest BCUT2D eigenvalue weighted by Gasteiger charge is 2.15. The van der Waals surface area contributed by atoms with Gasteiger partial charge in [0.05, 0.1) is 19.0 Å². The second-order valence-corrected chi connectivity index (χ2v) is 5.66. The van der Waals surface area contributed by atoms with Gasteiger partial charge in [0, 0.05) is 6.54 Å². The van der Waals surface area contributed by atoms with Gasteiger partial charge in [-0.2, -0.15) is 5.10 Å². The Morgan fingerprint density at radius 1 is 1.52 bits per heavy atom. The Labute approximate surface area is 128 Å². The standard InChI is InChI=1S/C14H20ClN3O3/c1-21-12(19)9-18-14(20)13(15)11(8-17-18)16-7-6-10-4-2-3-5-10/h8,10,16H,2-7,9H2,1H3. The molecule has 0 radical (unpaired) electrons. The summed E-state index contributed by atoms with van der Waals surface area (Å²) < 4.78 is 5.50. The van der Waals surface area contributed by atoms with Crippen molar-refractivity contribution < 1.29 is 9.53 Å². The molecule has 1 fully saturated rings. The van der Waals surface area contributed by atoms with Gasteiger partial charge in [-0.25, -0.2) is 4.68 Å². The Hall–Kier alpha value is -1.56. The zero-order chi connectivity index (χ0) is 15.2. The molecule has 7 heteroatoms. The van der Waals surface area contributed by atoms with Crippen LogP contribution in [0.1, 0.15) is 32.1 Å². The van der Waals surface area contributed by atoms with E-state index in [0.717, 1.165) is 23.6 Å². The molecule has 0 atom stereocenters. The fourth-order valence-electron chi connectivity index (χ4n) is 2.60. The molecule has 1 N–H and O–H groups in total. The van der Waals surface area contributed by atoms with Gasteiger partial charge in [0.1, 0.15) is 11.6 Å². The molecule has 1 aliphatic carbocycles. The van der Waals surface area contributed by atoms with Gasteiger partial charge < -0.3 is 10.1 Å². The summed E-state index contributed by atoms with van der Waals surface area (Å²) in [6.45, 7) is 0.532. The molecule has 1 aromatic heterocycles. The van der Waals surface area contributed by atoms with Crippen molar-refractivity contribution in [1.82, 2.24) is 9.78 Å². The van der Waals surface area contributed by atoms with Gasteiger partial charge in [-0.05, 0) is 12.3 Å². The third kappa shape index (κ3) is 4.20. The van der Waals surface area contributed by atoms with Crippen LogP contribution in [0.3, 0.4) is 0 Å². The van der Waals surface area contributed by atoms with Crippen molar-refractivity contribution >= 4 is 23.3 Å². The topological polar surface area (TPSA) is 73.2 Å². The lowest BCUT2D eigenvalue weighted by atomic mass is 10.0. The van der Waals surface area contributed by atoms with Crippen LogP contribution < -0.4 is 10.9 Å². The summed E-state index contributed by atoms with van der Waals surface area (Å²) in [5, 5.41) is 7.14. The van der Waals surface area contributed by atoms with Gasteiger partial charge >= 0.3 is 5.97 Å². The van der Waals surface area contributed by atoms with E-state index in [2.05, 4.69) is 15.2 Å². The lowest BCUT2D eigenvalue weighted by Gasteiger charge is -2.12. The lowest BCUT2D eigenvalue weighted by Crippen LogP contribution is -2.28. The second kappa shape index (κ2) is 7.45. The summed E-state index contributed by atoms with van der Waals surface area (Å²) in [4.78, 5) is 23.1. The predicted molar refractivity (Wildman–Crippen MR) is 80.6 cm³/mol. The van der Waals surface area contributed by atoms with Crippen LogP contribution in [0.15, 0.2) is 11.0 Å². The van der Waals surface area contributed by atoms with Gasteiger partial charge in [0.15, 0.2) is 0 Å². The molecule has 1 heterocycles. The van der Waals surface area contributed by atoms with Crippen molar-refractivity contribution in [2.45, 2.75) is 38.6 Å². The fourth-order valence-corrected chi connectivity index (χ4v) is 2.81. The first-order chi connectivity index (χ1) is 10.1. The maximum Gasteiger partial charge on any atom is 0.327 e. The van der Waals surface area contributed by atoms with E-state index in [1.54, 1.807) is 0 Å². The summed E-state index contributed by atoms with van der Waals surface area (Å²) in [6, 6.07) is 0. The van der Waals surface area contributed by atoms with E-state index < -0.39 is 11.5 Å². The van der Waals surface area contributed by atoms with E-state index in [0.29, 0.717) is 5.69 Å². The van der Waals surface area contributed by atoms with Crippen molar-refractivity contribution in [2.24, 2.45) is 5.92 Å². The average molecular weight is 314 g/mol. The molecule has 21 heavy (non-hydrogen) atoms. The largest absolute Gasteiger partial charge is 0.468 e. The van der Waals surface area contributed by atoms with Crippen LogP contribution in [0, 0.1) is 5.92 Å². The van der Waals surface area contributed by atoms with Gasteiger partial charge in [-0.3, -0.25) is 9.59 Å². The number of hydrogen-bond donors (Lipinski definition) is 1. The number of carbonyl (C=O) groups excluding carboxylic acids is 1. The monoisotopic (exact) mass is 313 g/mol. The SMILES string of the molecule is COC(=O)Cn1ncc(NCCC2CCCC2)c(Cl)c1=O. The first-order valence-electron chi connectivity index (χ1n) is 7.18. The molecule has 2 rings (SSSR count). The van der Waals surface area contributed by atoms with Crippen LogP contribution in [0.2, 0.25) is 5.02 Å². The molecule has 0 saturated heterocycles. The number of halogens is 1. The second-order valence-electron chi connectivity index (χ2n) is 5.28. The first kappa shape index (κ1) is 15.8. The quantitative estimate of drug-likeness (QED) is 0.814. The number of anilines is 1. The van der Waals surface area contributed by atoms with Crippen molar-refractivity contribution in [2.75, 3.05) is 19.0 Å². The molecular formula is C14H20ClN3O3. The van der Waals surface area contributed by atoms with Crippen LogP contribution in [-0.4, -0.2) is 29.4 Å². The highest BCUT2D eigenvalue weighted by molar-refractivity contribution is 6.32. The Morgan fingerprint density at radius 2 is 2.24 bits per heavy atom. The Bertz CT molecular complexity index is 553. The number of aromatic nitrogens is 2. The number of ether oxygens (including phenoxy) is 1. The lowest BCUT2D eigenvalue weighted by molar-refractivity contribution is -0.141. The Balaban J connectivity index is 1.95. The minimum absolute atomic E-state index is 0.0559. The molecule has 0 aromatic carbocycles. The number of hydrogen-bond acceptors (Lipinski definition) is 5.